The maximum atomic E-state index is 9.61. The normalized spacial score (nSPS) is 11.5. The fourth-order valence-corrected chi connectivity index (χ4v) is 8.81. The zero-order valence-electron chi connectivity index (χ0n) is 28.2. The molecule has 0 saturated carbocycles. The fourth-order valence-electron chi connectivity index (χ4n) is 7.25. The van der Waals surface area contributed by atoms with Crippen molar-refractivity contribution in [1.29, 1.82) is 10.5 Å². The van der Waals surface area contributed by atoms with Crippen LogP contribution in [-0.2, 0) is 0 Å². The summed E-state index contributed by atoms with van der Waals surface area (Å²) in [5.41, 5.74) is 7.65. The van der Waals surface area contributed by atoms with Crippen molar-refractivity contribution in [3.8, 4) is 12.1 Å². The maximum Gasteiger partial charge on any atom is 0.0991 e. The van der Waals surface area contributed by atoms with Crippen molar-refractivity contribution in [2.75, 3.05) is 9.80 Å². The smallest absolute Gasteiger partial charge is 0.0991 e. The third-order valence-electron chi connectivity index (χ3n) is 9.58. The Balaban J connectivity index is 1.41. The van der Waals surface area contributed by atoms with Crippen LogP contribution in [0.4, 0.5) is 34.1 Å². The molecule has 0 atom stereocenters. The van der Waals surface area contributed by atoms with E-state index in [4.69, 9.17) is 0 Å². The molecule has 0 saturated heterocycles. The van der Waals surface area contributed by atoms with Crippen LogP contribution in [0, 0.1) is 22.7 Å². The van der Waals surface area contributed by atoms with Crippen LogP contribution in [0.15, 0.2) is 152 Å². The lowest BCUT2D eigenvalue weighted by atomic mass is 9.91. The monoisotopic (exact) mass is 658 g/mol. The van der Waals surface area contributed by atoms with Crippen molar-refractivity contribution in [3.05, 3.63) is 163 Å². The summed E-state index contributed by atoms with van der Waals surface area (Å²) in [6.07, 6.45) is 0. The highest BCUT2D eigenvalue weighted by Crippen LogP contribution is 2.47. The first-order valence-electron chi connectivity index (χ1n) is 16.8. The molecular formula is C45H34N4Si. The van der Waals surface area contributed by atoms with E-state index in [0.29, 0.717) is 11.1 Å². The highest BCUT2D eigenvalue weighted by atomic mass is 28.3. The Morgan fingerprint density at radius 2 is 0.860 bits per heavy atom. The molecule has 50 heavy (non-hydrogen) atoms. The Morgan fingerprint density at radius 3 is 1.38 bits per heavy atom. The van der Waals surface area contributed by atoms with E-state index in [-0.39, 0.29) is 0 Å². The fraction of sp³-hybridized carbons (Fsp3) is 0.0667. The number of rotatable bonds is 7. The molecule has 0 heterocycles. The number of nitriles is 2. The second kappa shape index (κ2) is 12.2. The summed E-state index contributed by atoms with van der Waals surface area (Å²) in [7, 11) is -1.76. The highest BCUT2D eigenvalue weighted by Gasteiger charge is 2.26. The zero-order valence-corrected chi connectivity index (χ0v) is 29.2. The molecule has 0 fully saturated rings. The molecular weight excluding hydrogens is 625 g/mol. The molecule has 0 aromatic heterocycles. The molecule has 0 aliphatic carbocycles. The minimum Gasteiger partial charge on any atom is -0.310 e. The number of hydrogen-bond donors (Lipinski definition) is 0. The van der Waals surface area contributed by atoms with Gasteiger partial charge in [0.25, 0.3) is 0 Å². The molecule has 0 aliphatic rings. The van der Waals surface area contributed by atoms with Crippen LogP contribution in [0.25, 0.3) is 32.3 Å². The van der Waals surface area contributed by atoms with Gasteiger partial charge in [-0.05, 0) is 106 Å². The van der Waals surface area contributed by atoms with Crippen LogP contribution in [0.5, 0.6) is 0 Å². The summed E-state index contributed by atoms with van der Waals surface area (Å²) in [5, 5.41) is 27.6. The van der Waals surface area contributed by atoms with Crippen LogP contribution in [-0.4, -0.2) is 8.07 Å². The number of nitrogens with zero attached hydrogens (tertiary/aromatic N) is 4. The van der Waals surface area contributed by atoms with Gasteiger partial charge in [-0.3, -0.25) is 0 Å². The van der Waals surface area contributed by atoms with Crippen LogP contribution < -0.4 is 15.0 Å². The van der Waals surface area contributed by atoms with E-state index in [0.717, 1.165) is 39.2 Å². The van der Waals surface area contributed by atoms with Gasteiger partial charge in [0.2, 0.25) is 0 Å². The van der Waals surface area contributed by atoms with Gasteiger partial charge in [0.15, 0.2) is 0 Å². The van der Waals surface area contributed by atoms with E-state index in [1.807, 2.05) is 42.5 Å². The summed E-state index contributed by atoms with van der Waals surface area (Å²) in [6.45, 7) is 7.17. The molecule has 0 radical (unpaired) electrons. The second-order valence-corrected chi connectivity index (χ2v) is 18.7. The van der Waals surface area contributed by atoms with E-state index < -0.39 is 8.07 Å². The van der Waals surface area contributed by atoms with Gasteiger partial charge in [-0.25, -0.2) is 0 Å². The predicted molar refractivity (Wildman–Crippen MR) is 212 cm³/mol. The van der Waals surface area contributed by atoms with Crippen LogP contribution in [0.3, 0.4) is 0 Å². The van der Waals surface area contributed by atoms with Gasteiger partial charge in [-0.2, -0.15) is 10.5 Å². The molecule has 0 unspecified atom stereocenters. The van der Waals surface area contributed by atoms with Gasteiger partial charge < -0.3 is 9.80 Å². The van der Waals surface area contributed by atoms with Crippen molar-refractivity contribution >= 4 is 79.7 Å². The minimum atomic E-state index is -1.76. The quantitative estimate of drug-likeness (QED) is 0.126. The predicted octanol–water partition coefficient (Wildman–Crippen LogP) is 11.8. The van der Waals surface area contributed by atoms with E-state index in [1.165, 1.54) is 32.4 Å². The van der Waals surface area contributed by atoms with Gasteiger partial charge in [0, 0.05) is 33.5 Å². The van der Waals surface area contributed by atoms with Gasteiger partial charge in [-0.15, -0.1) is 0 Å². The van der Waals surface area contributed by atoms with Gasteiger partial charge >= 0.3 is 0 Å². The molecule has 0 N–H and O–H groups in total. The summed E-state index contributed by atoms with van der Waals surface area (Å²) in [6, 6.07) is 57.4. The Hall–Kier alpha value is -6.40. The lowest BCUT2D eigenvalue weighted by Gasteiger charge is -2.32. The van der Waals surface area contributed by atoms with Crippen molar-refractivity contribution in [2.24, 2.45) is 0 Å². The number of benzene rings is 8. The van der Waals surface area contributed by atoms with Crippen molar-refractivity contribution in [2.45, 2.75) is 19.6 Å². The summed E-state index contributed by atoms with van der Waals surface area (Å²) in [4.78, 5) is 4.66. The standard InChI is InChI=1S/C45H34N4Si/c1-50(2,3)43-12-8-7-11-42(43)49(37-23-15-32(30-47)16-24-37)41-28-20-34-17-25-38-40(27-19-33-18-26-39(41)45(34)44(33)38)48(35-9-5-4-6-10-35)36-21-13-31(29-46)14-22-36/h4-28H,1-3H3. The molecule has 8 aromatic rings. The summed E-state index contributed by atoms with van der Waals surface area (Å²) < 4.78 is 0. The first-order valence-corrected chi connectivity index (χ1v) is 20.3. The molecule has 0 spiro atoms. The molecule has 0 amide bonds. The number of para-hydroxylation sites is 2. The lowest BCUT2D eigenvalue weighted by molar-refractivity contribution is 1.29. The van der Waals surface area contributed by atoms with Gasteiger partial charge in [0.05, 0.1) is 42.7 Å². The average Bonchev–Trinajstić information content (AvgIpc) is 3.15. The van der Waals surface area contributed by atoms with Gasteiger partial charge in [0.1, 0.15) is 0 Å². The average molecular weight is 659 g/mol. The number of anilines is 6. The largest absolute Gasteiger partial charge is 0.310 e. The molecule has 5 heteroatoms. The molecule has 8 aromatic carbocycles. The van der Waals surface area contributed by atoms with Crippen molar-refractivity contribution < 1.29 is 0 Å². The third kappa shape index (κ3) is 5.22. The SMILES string of the molecule is C[Si](C)(C)c1ccccc1N(c1ccc(C#N)cc1)c1ccc2ccc3c(N(c4ccccc4)c4ccc(C#N)cc4)ccc4ccc1c2c43. The molecule has 238 valence electrons. The first kappa shape index (κ1) is 30.9. The highest BCUT2D eigenvalue weighted by molar-refractivity contribution is 6.89. The van der Waals surface area contributed by atoms with Crippen molar-refractivity contribution in [1.82, 2.24) is 0 Å². The van der Waals surface area contributed by atoms with Crippen molar-refractivity contribution in [3.63, 3.8) is 0 Å². The third-order valence-corrected chi connectivity index (χ3v) is 11.6. The Labute approximate surface area is 293 Å². The Morgan fingerprint density at radius 1 is 0.420 bits per heavy atom. The zero-order chi connectivity index (χ0) is 34.4. The second-order valence-electron chi connectivity index (χ2n) is 13.7. The van der Waals surface area contributed by atoms with E-state index in [9.17, 15) is 10.5 Å². The summed E-state index contributed by atoms with van der Waals surface area (Å²) in [5.74, 6) is 0. The minimum absolute atomic E-state index is 0.632. The lowest BCUT2D eigenvalue weighted by Crippen LogP contribution is -2.40. The summed E-state index contributed by atoms with van der Waals surface area (Å²) >= 11 is 0. The molecule has 8 rings (SSSR count). The topological polar surface area (TPSA) is 54.1 Å². The van der Waals surface area contributed by atoms with Crippen LogP contribution in [0.1, 0.15) is 11.1 Å². The molecule has 4 nitrogen and oxygen atoms in total. The van der Waals surface area contributed by atoms with E-state index >= 15 is 0 Å². The van der Waals surface area contributed by atoms with Crippen LogP contribution in [0.2, 0.25) is 19.6 Å². The molecule has 0 bridgehead atoms. The Bertz CT molecular complexity index is 2590. The number of hydrogen-bond acceptors (Lipinski definition) is 4. The molecule has 0 aliphatic heterocycles. The van der Waals surface area contributed by atoms with Gasteiger partial charge in [-0.1, -0.05) is 92.4 Å². The Kier molecular flexibility index (Phi) is 7.56. The maximum absolute atomic E-state index is 9.61. The van der Waals surface area contributed by atoms with E-state index in [2.05, 4.69) is 151 Å². The van der Waals surface area contributed by atoms with E-state index in [1.54, 1.807) is 0 Å². The van der Waals surface area contributed by atoms with Crippen LogP contribution >= 0.6 is 0 Å². The first-order chi connectivity index (χ1) is 24.4.